The van der Waals surface area contributed by atoms with E-state index in [2.05, 4.69) is 4.74 Å². The highest BCUT2D eigenvalue weighted by Gasteiger charge is 2.38. The molecule has 0 fully saturated rings. The maximum atomic E-state index is 13.2. The van der Waals surface area contributed by atoms with Crippen molar-refractivity contribution in [3.63, 3.8) is 0 Å². The highest BCUT2D eigenvalue weighted by molar-refractivity contribution is 5.90. The summed E-state index contributed by atoms with van der Waals surface area (Å²) in [4.78, 5) is 11.5. The molecule has 10 heteroatoms. The van der Waals surface area contributed by atoms with E-state index in [1.807, 2.05) is 0 Å². The maximum Gasteiger partial charge on any atom is 0.416 e. The monoisotopic (exact) mass is 343 g/mol. The van der Waals surface area contributed by atoms with Crippen molar-refractivity contribution in [2.75, 3.05) is 6.61 Å². The smallest absolute Gasteiger partial charge is 0.416 e. The second-order valence-electron chi connectivity index (χ2n) is 4.68. The van der Waals surface area contributed by atoms with Gasteiger partial charge in [-0.3, -0.25) is 0 Å². The maximum absolute atomic E-state index is 13.2. The lowest BCUT2D eigenvalue weighted by atomic mass is 10.0. The van der Waals surface area contributed by atoms with Crippen LogP contribution in [0.4, 0.5) is 30.7 Å². The summed E-state index contributed by atoms with van der Waals surface area (Å²) in [5.74, 6) is -1.61. The van der Waals surface area contributed by atoms with Gasteiger partial charge in [0.05, 0.1) is 16.7 Å². The van der Waals surface area contributed by atoms with E-state index in [4.69, 9.17) is 5.26 Å². The van der Waals surface area contributed by atoms with Gasteiger partial charge in [-0.05, 0) is 25.1 Å². The van der Waals surface area contributed by atoms with Crippen molar-refractivity contribution in [1.82, 2.24) is 0 Å². The molecule has 0 aromatic heterocycles. The first-order chi connectivity index (χ1) is 10.3. The number of ether oxygens (including phenoxy) is 1. The molecule has 0 unspecified atom stereocenters. The molecule has 0 N–H and O–H groups in total. The van der Waals surface area contributed by atoms with E-state index in [1.54, 1.807) is 0 Å². The Hall–Kier alpha value is -2.31. The summed E-state index contributed by atoms with van der Waals surface area (Å²) in [6, 6.07) is 1.26. The van der Waals surface area contributed by atoms with Gasteiger partial charge in [-0.1, -0.05) is 0 Å². The predicted molar refractivity (Wildman–Crippen MR) is 61.9 cm³/mol. The first kappa shape index (κ1) is 18.7. The van der Waals surface area contributed by atoms with Gasteiger partial charge in [-0.2, -0.15) is 31.6 Å². The van der Waals surface area contributed by atoms with Crippen LogP contribution < -0.4 is 0 Å². The third-order valence-electron chi connectivity index (χ3n) is 2.53. The second-order valence-corrected chi connectivity index (χ2v) is 4.68. The fourth-order valence-electron chi connectivity index (χ4n) is 1.39. The van der Waals surface area contributed by atoms with Gasteiger partial charge in [0.15, 0.2) is 0 Å². The molecule has 0 aliphatic carbocycles. The van der Waals surface area contributed by atoms with Gasteiger partial charge in [0, 0.05) is 0 Å². The van der Waals surface area contributed by atoms with Crippen molar-refractivity contribution in [3.05, 3.63) is 34.9 Å². The van der Waals surface area contributed by atoms with E-state index in [1.165, 1.54) is 0 Å². The third kappa shape index (κ3) is 5.12. The highest BCUT2D eigenvalue weighted by atomic mass is 19.4. The van der Waals surface area contributed by atoms with Gasteiger partial charge < -0.3 is 4.74 Å². The molecule has 0 spiro atoms. The van der Waals surface area contributed by atoms with Crippen LogP contribution in [-0.2, 0) is 17.1 Å². The largest absolute Gasteiger partial charge is 0.458 e. The second kappa shape index (κ2) is 6.06. The predicted octanol–water partition coefficient (Wildman–Crippen LogP) is 4.13. The van der Waals surface area contributed by atoms with Crippen LogP contribution in [0.5, 0.6) is 0 Å². The Kier molecular flexibility index (Phi) is 4.94. The van der Waals surface area contributed by atoms with Crippen LogP contribution in [0, 0.1) is 11.3 Å². The summed E-state index contributed by atoms with van der Waals surface area (Å²) >= 11 is 0. The van der Waals surface area contributed by atoms with Crippen molar-refractivity contribution < 1.29 is 40.3 Å². The lowest BCUT2D eigenvalue weighted by Crippen LogP contribution is -2.25. The standard InChI is InChI=1S/C13H8F7NO2/c1-11(14,5-21)6-23-10(22)7-2-8(12(15,16)17)4-9(3-7)13(18,19)20/h2-4H,6H2,1H3/t11-/m1/s1. The number of esters is 1. The Morgan fingerprint density at radius 2 is 1.48 bits per heavy atom. The molecule has 0 heterocycles. The van der Waals surface area contributed by atoms with E-state index >= 15 is 0 Å². The van der Waals surface area contributed by atoms with E-state index in [0.29, 0.717) is 0 Å². The van der Waals surface area contributed by atoms with E-state index in [-0.39, 0.29) is 18.2 Å². The minimum absolute atomic E-state index is 0.152. The summed E-state index contributed by atoms with van der Waals surface area (Å²) in [7, 11) is 0. The summed E-state index contributed by atoms with van der Waals surface area (Å²) in [6.45, 7) is -0.409. The highest BCUT2D eigenvalue weighted by Crippen LogP contribution is 2.36. The van der Waals surface area contributed by atoms with Gasteiger partial charge in [0.2, 0.25) is 5.67 Å². The normalized spacial score (nSPS) is 14.7. The molecule has 1 aromatic carbocycles. The number of hydrogen-bond donors (Lipinski definition) is 0. The summed E-state index contributed by atoms with van der Waals surface area (Å²) in [5, 5.41) is 8.37. The summed E-state index contributed by atoms with van der Waals surface area (Å²) < 4.78 is 93.1. The first-order valence-corrected chi connectivity index (χ1v) is 5.83. The van der Waals surface area contributed by atoms with Crippen LogP contribution >= 0.6 is 0 Å². The Morgan fingerprint density at radius 1 is 1.04 bits per heavy atom. The minimum Gasteiger partial charge on any atom is -0.458 e. The molecule has 0 amide bonds. The van der Waals surface area contributed by atoms with Crippen LogP contribution in [0.3, 0.4) is 0 Å². The third-order valence-corrected chi connectivity index (χ3v) is 2.53. The van der Waals surface area contributed by atoms with Gasteiger partial charge in [0.25, 0.3) is 0 Å². The van der Waals surface area contributed by atoms with Gasteiger partial charge in [0.1, 0.15) is 12.7 Å². The fraction of sp³-hybridized carbons (Fsp3) is 0.385. The molecule has 0 aliphatic rings. The van der Waals surface area contributed by atoms with Gasteiger partial charge >= 0.3 is 18.3 Å². The number of halogens is 7. The average molecular weight is 343 g/mol. The first-order valence-electron chi connectivity index (χ1n) is 5.83. The lowest BCUT2D eigenvalue weighted by Gasteiger charge is -2.15. The summed E-state index contributed by atoms with van der Waals surface area (Å²) in [5.41, 5.74) is -7.09. The molecule has 1 rings (SSSR count). The van der Waals surface area contributed by atoms with Gasteiger partial charge in [-0.25, -0.2) is 9.18 Å². The molecule has 0 saturated heterocycles. The number of alkyl halides is 7. The molecule has 0 bridgehead atoms. The van der Waals surface area contributed by atoms with Crippen molar-refractivity contribution in [1.29, 1.82) is 5.26 Å². The van der Waals surface area contributed by atoms with Crippen molar-refractivity contribution in [2.45, 2.75) is 24.9 Å². The number of carbonyl (C=O) groups is 1. The number of benzene rings is 1. The lowest BCUT2D eigenvalue weighted by molar-refractivity contribution is -0.143. The van der Waals surface area contributed by atoms with E-state index in [0.717, 1.165) is 13.0 Å². The zero-order valence-electron chi connectivity index (χ0n) is 11.3. The summed E-state index contributed by atoms with van der Waals surface area (Å²) in [6.07, 6.45) is -10.3. The van der Waals surface area contributed by atoms with Crippen LogP contribution in [0.15, 0.2) is 18.2 Å². The molecular weight excluding hydrogens is 335 g/mol. The number of hydrogen-bond acceptors (Lipinski definition) is 3. The molecule has 23 heavy (non-hydrogen) atoms. The molecule has 3 nitrogen and oxygen atoms in total. The zero-order valence-corrected chi connectivity index (χ0v) is 11.3. The fourth-order valence-corrected chi connectivity index (χ4v) is 1.39. The van der Waals surface area contributed by atoms with Crippen molar-refractivity contribution >= 4 is 5.97 Å². The number of nitrogens with zero attached hydrogens (tertiary/aromatic N) is 1. The average Bonchev–Trinajstić information content (AvgIpc) is 2.42. The van der Waals surface area contributed by atoms with Crippen LogP contribution in [-0.4, -0.2) is 18.2 Å². The van der Waals surface area contributed by atoms with Crippen LogP contribution in [0.25, 0.3) is 0 Å². The van der Waals surface area contributed by atoms with E-state index in [9.17, 15) is 35.5 Å². The number of carbonyl (C=O) groups excluding carboxylic acids is 1. The quantitative estimate of drug-likeness (QED) is 0.612. The van der Waals surface area contributed by atoms with Crippen LogP contribution in [0.1, 0.15) is 28.4 Å². The molecule has 126 valence electrons. The van der Waals surface area contributed by atoms with Crippen LogP contribution in [0.2, 0.25) is 0 Å². The molecule has 0 aliphatic heterocycles. The Bertz CT molecular complexity index is 609. The number of rotatable bonds is 3. The molecule has 0 saturated carbocycles. The molecule has 0 radical (unpaired) electrons. The Morgan fingerprint density at radius 3 is 1.83 bits per heavy atom. The van der Waals surface area contributed by atoms with E-state index < -0.39 is 47.3 Å². The van der Waals surface area contributed by atoms with Gasteiger partial charge in [-0.15, -0.1) is 0 Å². The SMILES string of the molecule is C[C@@](F)(C#N)COC(=O)c1cc(C(F)(F)F)cc(C(F)(F)F)c1. The Balaban J connectivity index is 3.20. The number of nitriles is 1. The van der Waals surface area contributed by atoms with Crippen molar-refractivity contribution in [2.24, 2.45) is 0 Å². The Labute approximate surface area is 125 Å². The minimum atomic E-state index is -5.13. The molecular formula is C13H8F7NO2. The molecule has 1 atom stereocenters. The topological polar surface area (TPSA) is 50.1 Å². The van der Waals surface area contributed by atoms with Crippen molar-refractivity contribution in [3.8, 4) is 6.07 Å². The molecule has 1 aromatic rings. The zero-order chi connectivity index (χ0) is 18.1.